The van der Waals surface area contributed by atoms with Crippen molar-refractivity contribution in [2.75, 3.05) is 24.2 Å². The zero-order chi connectivity index (χ0) is 19.5. The van der Waals surface area contributed by atoms with Crippen LogP contribution in [-0.4, -0.2) is 39.8 Å². The first kappa shape index (κ1) is 21.3. The van der Waals surface area contributed by atoms with Gasteiger partial charge in [0.05, 0.1) is 19.1 Å². The summed E-state index contributed by atoms with van der Waals surface area (Å²) in [5, 5.41) is 2.94. The van der Waals surface area contributed by atoms with Crippen LogP contribution in [0, 0.1) is 5.41 Å². The van der Waals surface area contributed by atoms with Crippen LogP contribution in [-0.2, 0) is 14.8 Å². The van der Waals surface area contributed by atoms with Crippen molar-refractivity contribution < 1.29 is 17.9 Å². The lowest BCUT2D eigenvalue weighted by Crippen LogP contribution is -2.50. The van der Waals surface area contributed by atoms with Crippen LogP contribution < -0.4 is 14.4 Å². The van der Waals surface area contributed by atoms with Gasteiger partial charge in [-0.05, 0) is 37.8 Å². The smallest absolute Gasteiger partial charge is 0.241 e. The number of sulfonamides is 1. The Labute approximate surface area is 151 Å². The number of nitrogens with one attached hydrogen (secondary N) is 1. The molecule has 0 fully saturated rings. The van der Waals surface area contributed by atoms with E-state index in [1.165, 1.54) is 7.11 Å². The van der Waals surface area contributed by atoms with E-state index in [0.29, 0.717) is 11.4 Å². The first-order chi connectivity index (χ1) is 11.2. The summed E-state index contributed by atoms with van der Waals surface area (Å²) >= 11 is 0. The van der Waals surface area contributed by atoms with Gasteiger partial charge in [-0.2, -0.15) is 0 Å². The number of nitrogens with zero attached hydrogens (tertiary/aromatic N) is 1. The van der Waals surface area contributed by atoms with Crippen molar-refractivity contribution in [3.05, 3.63) is 24.3 Å². The lowest BCUT2D eigenvalue weighted by Gasteiger charge is -2.34. The van der Waals surface area contributed by atoms with E-state index in [-0.39, 0.29) is 17.9 Å². The summed E-state index contributed by atoms with van der Waals surface area (Å²) in [4.78, 5) is 12.5. The Morgan fingerprint density at radius 2 is 1.72 bits per heavy atom. The minimum atomic E-state index is -3.64. The Kier molecular flexibility index (Phi) is 6.50. The summed E-state index contributed by atoms with van der Waals surface area (Å²) in [6.45, 7) is 9.86. The molecule has 0 aromatic heterocycles. The number of hydrogen-bond acceptors (Lipinski definition) is 4. The highest BCUT2D eigenvalue weighted by molar-refractivity contribution is 7.92. The molecule has 142 valence electrons. The summed E-state index contributed by atoms with van der Waals surface area (Å²) in [6.07, 6.45) is 1.84. The molecule has 0 bridgehead atoms. The molecule has 0 saturated carbocycles. The summed E-state index contributed by atoms with van der Waals surface area (Å²) in [5.41, 5.74) is -0.0637. The van der Waals surface area contributed by atoms with Crippen LogP contribution >= 0.6 is 0 Å². The van der Waals surface area contributed by atoms with Crippen molar-refractivity contribution in [1.29, 1.82) is 0 Å². The Morgan fingerprint density at radius 1 is 1.16 bits per heavy atom. The number of amides is 1. The van der Waals surface area contributed by atoms with Gasteiger partial charge in [-0.15, -0.1) is 0 Å². The van der Waals surface area contributed by atoms with Crippen LogP contribution in [0.25, 0.3) is 0 Å². The topological polar surface area (TPSA) is 75.7 Å². The lowest BCUT2D eigenvalue weighted by atomic mass is 9.82. The van der Waals surface area contributed by atoms with E-state index < -0.39 is 15.6 Å². The van der Waals surface area contributed by atoms with Gasteiger partial charge in [-0.1, -0.05) is 32.9 Å². The van der Waals surface area contributed by atoms with Crippen LogP contribution in [0.2, 0.25) is 0 Å². The Bertz CT molecular complexity index is 706. The number of anilines is 1. The molecule has 1 amide bonds. The third-order valence-corrected chi connectivity index (χ3v) is 4.62. The minimum Gasteiger partial charge on any atom is -0.495 e. The van der Waals surface area contributed by atoms with Gasteiger partial charge < -0.3 is 10.1 Å². The maximum Gasteiger partial charge on any atom is 0.241 e. The summed E-state index contributed by atoms with van der Waals surface area (Å²) in [7, 11) is -2.18. The van der Waals surface area contributed by atoms with Crippen molar-refractivity contribution in [1.82, 2.24) is 5.32 Å². The van der Waals surface area contributed by atoms with Crippen LogP contribution in [0.1, 0.15) is 41.0 Å². The number of benzene rings is 1. The normalized spacial score (nSPS) is 12.6. The van der Waals surface area contributed by atoms with Gasteiger partial charge in [0.15, 0.2) is 0 Å². The Morgan fingerprint density at radius 3 is 2.20 bits per heavy atom. The zero-order valence-corrected chi connectivity index (χ0v) is 17.0. The molecule has 0 spiro atoms. The van der Waals surface area contributed by atoms with Crippen molar-refractivity contribution in [2.24, 2.45) is 5.41 Å². The third-order valence-electron chi connectivity index (χ3n) is 3.49. The average molecular weight is 371 g/mol. The van der Waals surface area contributed by atoms with Crippen molar-refractivity contribution in [3.63, 3.8) is 0 Å². The van der Waals surface area contributed by atoms with Crippen molar-refractivity contribution in [3.8, 4) is 5.75 Å². The molecular formula is C18H30N2O4S. The number of para-hydroxylation sites is 2. The molecule has 7 heteroatoms. The van der Waals surface area contributed by atoms with E-state index in [1.54, 1.807) is 24.3 Å². The molecule has 1 aromatic carbocycles. The highest BCUT2D eigenvalue weighted by atomic mass is 32.2. The second-order valence-electron chi connectivity index (χ2n) is 8.11. The second kappa shape index (κ2) is 7.64. The molecule has 0 unspecified atom stereocenters. The molecule has 0 aliphatic carbocycles. The molecule has 0 atom stereocenters. The van der Waals surface area contributed by atoms with E-state index in [2.05, 4.69) is 26.1 Å². The van der Waals surface area contributed by atoms with E-state index in [4.69, 9.17) is 4.74 Å². The first-order valence-corrected chi connectivity index (χ1v) is 10.0. The largest absolute Gasteiger partial charge is 0.495 e. The average Bonchev–Trinajstić information content (AvgIpc) is 2.40. The lowest BCUT2D eigenvalue weighted by molar-refractivity contribution is -0.121. The monoisotopic (exact) mass is 370 g/mol. The van der Waals surface area contributed by atoms with Gasteiger partial charge in [0.1, 0.15) is 12.3 Å². The molecule has 0 heterocycles. The Balaban J connectivity index is 3.03. The predicted octanol–water partition coefficient (Wildman–Crippen LogP) is 2.79. The number of methoxy groups -OCH3 is 1. The predicted molar refractivity (Wildman–Crippen MR) is 101 cm³/mol. The fraction of sp³-hybridized carbons (Fsp3) is 0.611. The van der Waals surface area contributed by atoms with E-state index in [9.17, 15) is 13.2 Å². The van der Waals surface area contributed by atoms with Gasteiger partial charge in [0.2, 0.25) is 15.9 Å². The first-order valence-electron chi connectivity index (χ1n) is 8.17. The number of carbonyl (C=O) groups excluding carboxylic acids is 1. The molecule has 1 N–H and O–H groups in total. The molecule has 1 rings (SSSR count). The molecule has 25 heavy (non-hydrogen) atoms. The van der Waals surface area contributed by atoms with E-state index >= 15 is 0 Å². The van der Waals surface area contributed by atoms with Gasteiger partial charge in [0, 0.05) is 5.54 Å². The molecule has 6 nitrogen and oxygen atoms in total. The molecule has 0 aliphatic rings. The standard InChI is InChI=1S/C18H30N2O4S/c1-17(2,3)13-18(4,5)19-16(21)12-20(25(7,22)23)14-10-8-9-11-15(14)24-6/h8-11H,12-13H2,1-7H3,(H,19,21). The van der Waals surface area contributed by atoms with Gasteiger partial charge in [-0.3, -0.25) is 9.10 Å². The van der Waals surface area contributed by atoms with E-state index in [1.807, 2.05) is 13.8 Å². The maximum absolute atomic E-state index is 12.5. The zero-order valence-electron chi connectivity index (χ0n) is 16.2. The third kappa shape index (κ3) is 6.94. The molecule has 0 radical (unpaired) electrons. The van der Waals surface area contributed by atoms with Crippen LogP contribution in [0.5, 0.6) is 5.75 Å². The van der Waals surface area contributed by atoms with E-state index in [0.717, 1.165) is 17.0 Å². The van der Waals surface area contributed by atoms with Crippen LogP contribution in [0.3, 0.4) is 0 Å². The quantitative estimate of drug-likeness (QED) is 0.801. The minimum absolute atomic E-state index is 0.0376. The van der Waals surface area contributed by atoms with Gasteiger partial charge >= 0.3 is 0 Å². The molecule has 0 saturated heterocycles. The summed E-state index contributed by atoms with van der Waals surface area (Å²) in [6, 6.07) is 6.73. The van der Waals surface area contributed by atoms with Gasteiger partial charge in [0.25, 0.3) is 0 Å². The number of rotatable bonds is 7. The highest BCUT2D eigenvalue weighted by Gasteiger charge is 2.29. The highest BCUT2D eigenvalue weighted by Crippen LogP contribution is 2.30. The summed E-state index contributed by atoms with van der Waals surface area (Å²) < 4.78 is 30.7. The van der Waals surface area contributed by atoms with Crippen LogP contribution in [0.15, 0.2) is 24.3 Å². The van der Waals surface area contributed by atoms with Crippen molar-refractivity contribution in [2.45, 2.75) is 46.6 Å². The van der Waals surface area contributed by atoms with Crippen LogP contribution in [0.4, 0.5) is 5.69 Å². The number of ether oxygens (including phenoxy) is 1. The molecule has 0 aliphatic heterocycles. The van der Waals surface area contributed by atoms with Gasteiger partial charge in [-0.25, -0.2) is 8.42 Å². The maximum atomic E-state index is 12.5. The number of hydrogen-bond donors (Lipinski definition) is 1. The second-order valence-corrected chi connectivity index (χ2v) is 10.0. The molecular weight excluding hydrogens is 340 g/mol. The van der Waals surface area contributed by atoms with Crippen molar-refractivity contribution >= 4 is 21.6 Å². The fourth-order valence-electron chi connectivity index (χ4n) is 3.13. The fourth-order valence-corrected chi connectivity index (χ4v) is 3.99. The molecule has 1 aromatic rings. The summed E-state index contributed by atoms with van der Waals surface area (Å²) in [5.74, 6) is 0.0419. The Hall–Kier alpha value is -1.76. The number of carbonyl (C=O) groups is 1. The SMILES string of the molecule is COc1ccccc1N(CC(=O)NC(C)(C)CC(C)(C)C)S(C)(=O)=O.